The first kappa shape index (κ1) is 13.6. The number of aryl methyl sites for hydroxylation is 3. The summed E-state index contributed by atoms with van der Waals surface area (Å²) in [5.74, 6) is 0. The van der Waals surface area contributed by atoms with E-state index in [9.17, 15) is 0 Å². The number of hydrogen-bond acceptors (Lipinski definition) is 1. The second kappa shape index (κ2) is 5.53. The quantitative estimate of drug-likeness (QED) is 0.614. The van der Waals surface area contributed by atoms with E-state index in [-0.39, 0.29) is 0 Å². The fourth-order valence-corrected chi connectivity index (χ4v) is 2.64. The minimum atomic E-state index is 1.03. The largest absolute Gasteiger partial charge is 0.256 e. The minimum absolute atomic E-state index is 1.03. The average molecular weight is 273 g/mol. The number of hydrogen-bond donors (Lipinski definition) is 0. The van der Waals surface area contributed by atoms with E-state index in [1.54, 1.807) is 0 Å². The third-order valence-electron chi connectivity index (χ3n) is 3.66. The Balaban J connectivity index is 2.05. The van der Waals surface area contributed by atoms with Gasteiger partial charge in [-0.2, -0.15) is 0 Å². The molecule has 1 aromatic heterocycles. The van der Waals surface area contributed by atoms with Gasteiger partial charge < -0.3 is 0 Å². The molecule has 104 valence electrons. The van der Waals surface area contributed by atoms with Crippen LogP contribution < -0.4 is 0 Å². The zero-order chi connectivity index (χ0) is 14.8. The smallest absolute Gasteiger partial charge is 0.0708 e. The summed E-state index contributed by atoms with van der Waals surface area (Å²) in [6.45, 7) is 6.36. The van der Waals surface area contributed by atoms with E-state index < -0.39 is 0 Å². The summed E-state index contributed by atoms with van der Waals surface area (Å²) in [6, 6.07) is 19.4. The highest BCUT2D eigenvalue weighted by Gasteiger charge is 2.04. The second-order valence-corrected chi connectivity index (χ2v) is 5.67. The minimum Gasteiger partial charge on any atom is -0.256 e. The number of aromatic nitrogens is 1. The molecular weight excluding hydrogens is 254 g/mol. The van der Waals surface area contributed by atoms with Gasteiger partial charge in [0, 0.05) is 11.8 Å². The van der Waals surface area contributed by atoms with Crippen molar-refractivity contribution in [1.29, 1.82) is 0 Å². The topological polar surface area (TPSA) is 12.9 Å². The van der Waals surface area contributed by atoms with E-state index >= 15 is 0 Å². The van der Waals surface area contributed by atoms with E-state index in [0.29, 0.717) is 0 Å². The first-order valence-corrected chi connectivity index (χ1v) is 7.23. The normalized spacial score (nSPS) is 10.6. The number of nitrogens with zero attached hydrogens (tertiary/aromatic N) is 1. The van der Waals surface area contributed by atoms with Crippen molar-refractivity contribution in [3.63, 3.8) is 0 Å². The summed E-state index contributed by atoms with van der Waals surface area (Å²) < 4.78 is 0. The molecule has 1 nitrogen and oxygen atoms in total. The van der Waals surface area contributed by atoms with Crippen LogP contribution in [-0.2, 0) is 0 Å². The van der Waals surface area contributed by atoms with Gasteiger partial charge >= 0.3 is 0 Å². The fraction of sp³-hybridized carbons (Fsp3) is 0.150. The Bertz CT molecular complexity index is 750. The first-order chi connectivity index (χ1) is 10.1. The lowest BCUT2D eigenvalue weighted by atomic mass is 10.0. The van der Waals surface area contributed by atoms with Crippen molar-refractivity contribution >= 4 is 0 Å². The zero-order valence-electron chi connectivity index (χ0n) is 12.7. The van der Waals surface area contributed by atoms with Gasteiger partial charge in [-0.15, -0.1) is 0 Å². The van der Waals surface area contributed by atoms with Crippen LogP contribution in [0.25, 0.3) is 22.4 Å². The molecule has 3 rings (SSSR count). The summed E-state index contributed by atoms with van der Waals surface area (Å²) in [6.07, 6.45) is 1.89. The van der Waals surface area contributed by atoms with Crippen molar-refractivity contribution in [1.82, 2.24) is 4.98 Å². The number of pyridine rings is 1. The van der Waals surface area contributed by atoms with Gasteiger partial charge in [0.25, 0.3) is 0 Å². The van der Waals surface area contributed by atoms with E-state index in [1.807, 2.05) is 6.20 Å². The maximum Gasteiger partial charge on any atom is 0.0708 e. The molecule has 0 bridgehead atoms. The van der Waals surface area contributed by atoms with Crippen LogP contribution in [0.1, 0.15) is 16.7 Å². The standard InChI is InChI=1S/C20H19N/c1-14-4-6-17(7-5-14)18-8-9-21-20(13-18)19-11-15(2)10-16(3)12-19/h4-13H,1-3H3. The lowest BCUT2D eigenvalue weighted by molar-refractivity contribution is 1.30. The van der Waals surface area contributed by atoms with Crippen LogP contribution in [-0.4, -0.2) is 4.98 Å². The van der Waals surface area contributed by atoms with Crippen LogP contribution in [0.4, 0.5) is 0 Å². The Morgan fingerprint density at radius 1 is 0.571 bits per heavy atom. The third-order valence-corrected chi connectivity index (χ3v) is 3.66. The van der Waals surface area contributed by atoms with Gasteiger partial charge in [-0.05, 0) is 56.2 Å². The van der Waals surface area contributed by atoms with Gasteiger partial charge in [0.05, 0.1) is 5.69 Å². The number of benzene rings is 2. The Kier molecular flexibility index (Phi) is 3.57. The Labute approximate surface area is 126 Å². The van der Waals surface area contributed by atoms with Crippen molar-refractivity contribution in [3.05, 3.63) is 77.5 Å². The van der Waals surface area contributed by atoms with Crippen molar-refractivity contribution in [2.24, 2.45) is 0 Å². The Morgan fingerprint density at radius 2 is 1.24 bits per heavy atom. The van der Waals surface area contributed by atoms with Crippen molar-refractivity contribution in [2.75, 3.05) is 0 Å². The molecular formula is C20H19N. The molecule has 0 fully saturated rings. The lowest BCUT2D eigenvalue weighted by Crippen LogP contribution is -1.88. The molecule has 0 atom stereocenters. The van der Waals surface area contributed by atoms with E-state index in [4.69, 9.17) is 0 Å². The summed E-state index contributed by atoms with van der Waals surface area (Å²) in [5.41, 5.74) is 8.47. The highest BCUT2D eigenvalue weighted by Crippen LogP contribution is 2.26. The van der Waals surface area contributed by atoms with Crippen molar-refractivity contribution in [3.8, 4) is 22.4 Å². The summed E-state index contributed by atoms with van der Waals surface area (Å²) in [5, 5.41) is 0. The molecule has 0 aliphatic carbocycles. The van der Waals surface area contributed by atoms with E-state index in [2.05, 4.69) is 80.4 Å². The van der Waals surface area contributed by atoms with Crippen LogP contribution in [0.3, 0.4) is 0 Å². The molecule has 0 radical (unpaired) electrons. The monoisotopic (exact) mass is 273 g/mol. The predicted octanol–water partition coefficient (Wildman–Crippen LogP) is 5.34. The van der Waals surface area contributed by atoms with Crippen LogP contribution in [0.2, 0.25) is 0 Å². The molecule has 0 aliphatic heterocycles. The van der Waals surface area contributed by atoms with Crippen LogP contribution in [0, 0.1) is 20.8 Å². The Hall–Kier alpha value is -2.41. The third kappa shape index (κ3) is 3.03. The maximum absolute atomic E-state index is 4.53. The van der Waals surface area contributed by atoms with Gasteiger partial charge in [-0.25, -0.2) is 0 Å². The molecule has 0 saturated carbocycles. The Morgan fingerprint density at radius 3 is 1.90 bits per heavy atom. The molecule has 0 aliphatic rings. The molecule has 0 spiro atoms. The molecule has 1 heterocycles. The summed E-state index contributed by atoms with van der Waals surface area (Å²) >= 11 is 0. The summed E-state index contributed by atoms with van der Waals surface area (Å²) in [4.78, 5) is 4.53. The van der Waals surface area contributed by atoms with Gasteiger partial charge in [0.15, 0.2) is 0 Å². The highest BCUT2D eigenvalue weighted by atomic mass is 14.7. The fourth-order valence-electron chi connectivity index (χ4n) is 2.64. The SMILES string of the molecule is Cc1ccc(-c2ccnc(-c3cc(C)cc(C)c3)c2)cc1. The van der Waals surface area contributed by atoms with Crippen LogP contribution in [0.5, 0.6) is 0 Å². The van der Waals surface area contributed by atoms with Crippen LogP contribution >= 0.6 is 0 Å². The zero-order valence-corrected chi connectivity index (χ0v) is 12.7. The molecule has 1 heteroatoms. The van der Waals surface area contributed by atoms with Gasteiger partial charge in [-0.3, -0.25) is 4.98 Å². The maximum atomic E-state index is 4.53. The highest BCUT2D eigenvalue weighted by molar-refractivity contribution is 5.71. The summed E-state index contributed by atoms with van der Waals surface area (Å²) in [7, 11) is 0. The molecule has 21 heavy (non-hydrogen) atoms. The van der Waals surface area contributed by atoms with Gasteiger partial charge in [0.2, 0.25) is 0 Å². The molecule has 0 N–H and O–H groups in total. The molecule has 0 amide bonds. The number of rotatable bonds is 2. The van der Waals surface area contributed by atoms with Crippen molar-refractivity contribution in [2.45, 2.75) is 20.8 Å². The first-order valence-electron chi connectivity index (χ1n) is 7.23. The predicted molar refractivity (Wildman–Crippen MR) is 89.3 cm³/mol. The van der Waals surface area contributed by atoms with Gasteiger partial charge in [0.1, 0.15) is 0 Å². The van der Waals surface area contributed by atoms with E-state index in [1.165, 1.54) is 33.4 Å². The van der Waals surface area contributed by atoms with Crippen LogP contribution in [0.15, 0.2) is 60.8 Å². The lowest BCUT2D eigenvalue weighted by Gasteiger charge is -2.07. The van der Waals surface area contributed by atoms with Gasteiger partial charge in [-0.1, -0.05) is 47.0 Å². The second-order valence-electron chi connectivity index (χ2n) is 5.67. The molecule has 2 aromatic carbocycles. The molecule has 0 saturated heterocycles. The molecule has 0 unspecified atom stereocenters. The van der Waals surface area contributed by atoms with Crippen molar-refractivity contribution < 1.29 is 0 Å². The van der Waals surface area contributed by atoms with E-state index in [0.717, 1.165) is 5.69 Å². The molecule has 3 aromatic rings. The average Bonchev–Trinajstić information content (AvgIpc) is 2.47.